The molecule has 1 aliphatic rings. The highest BCUT2D eigenvalue weighted by Crippen LogP contribution is 2.44. The second kappa shape index (κ2) is 8.00. The average molecular weight is 435 g/mol. The molecule has 0 aliphatic carbocycles. The second-order valence-corrected chi connectivity index (χ2v) is 8.35. The maximum Gasteiger partial charge on any atom is 0.344 e. The summed E-state index contributed by atoms with van der Waals surface area (Å²) in [6.07, 6.45) is -0.257. The molecule has 3 heterocycles. The normalized spacial score (nSPS) is 17.3. The summed E-state index contributed by atoms with van der Waals surface area (Å²) in [6.45, 7) is 0.445. The minimum absolute atomic E-state index is 0.281. The van der Waals surface area contributed by atoms with Crippen LogP contribution in [-0.2, 0) is 11.2 Å². The second-order valence-electron chi connectivity index (χ2n) is 7.32. The van der Waals surface area contributed by atoms with E-state index in [0.717, 1.165) is 4.88 Å². The molecule has 0 radical (unpaired) electrons. The van der Waals surface area contributed by atoms with Crippen molar-refractivity contribution in [3.63, 3.8) is 0 Å². The van der Waals surface area contributed by atoms with E-state index in [0.29, 0.717) is 35.2 Å². The molecule has 0 spiro atoms. The number of carbonyl (C=O) groups excluding carboxylic acids is 1. The number of halogens is 1. The highest BCUT2D eigenvalue weighted by atomic mass is 32.1. The standard InChI is InChI=1S/C24H18FNO4S/c25-15-9-7-14(8-10-15)19-20-21(17-5-1-2-6-18(17)29-24(20)28)30-22(19)23(27)26-12-11-16-4-3-13-31-16/h1-10,13,19,22H,11-12H2,(H,26,27)/t19-,22-/m0/s1. The molecule has 2 atom stereocenters. The van der Waals surface area contributed by atoms with Gasteiger partial charge in [-0.2, -0.15) is 0 Å². The maximum atomic E-state index is 13.5. The highest BCUT2D eigenvalue weighted by molar-refractivity contribution is 7.09. The van der Waals surface area contributed by atoms with E-state index in [2.05, 4.69) is 5.32 Å². The van der Waals surface area contributed by atoms with Crippen LogP contribution in [0.15, 0.2) is 75.3 Å². The summed E-state index contributed by atoms with van der Waals surface area (Å²) in [7, 11) is 0. The molecule has 0 saturated carbocycles. The van der Waals surface area contributed by atoms with Crippen LogP contribution in [0.4, 0.5) is 4.39 Å². The zero-order chi connectivity index (χ0) is 21.4. The molecule has 7 heteroatoms. The summed E-state index contributed by atoms with van der Waals surface area (Å²) in [4.78, 5) is 27.1. The Bertz CT molecular complexity index is 1300. The number of para-hydroxylation sites is 1. The van der Waals surface area contributed by atoms with Gasteiger partial charge in [0.15, 0.2) is 6.10 Å². The van der Waals surface area contributed by atoms with E-state index in [1.54, 1.807) is 41.7 Å². The van der Waals surface area contributed by atoms with Crippen LogP contribution in [0.1, 0.15) is 21.9 Å². The van der Waals surface area contributed by atoms with Gasteiger partial charge in [0.25, 0.3) is 5.91 Å². The summed E-state index contributed by atoms with van der Waals surface area (Å²) in [5, 5.41) is 5.52. The van der Waals surface area contributed by atoms with E-state index in [4.69, 9.17) is 9.15 Å². The van der Waals surface area contributed by atoms with Crippen LogP contribution < -0.4 is 15.7 Å². The van der Waals surface area contributed by atoms with Gasteiger partial charge in [-0.1, -0.05) is 30.3 Å². The van der Waals surface area contributed by atoms with Gasteiger partial charge in [-0.3, -0.25) is 4.79 Å². The number of carbonyl (C=O) groups is 1. The Labute approximate surface area is 181 Å². The molecule has 0 unspecified atom stereocenters. The highest BCUT2D eigenvalue weighted by Gasteiger charge is 2.44. The SMILES string of the molecule is O=C(NCCc1cccs1)[C@H]1Oc2c(c(=O)oc3ccccc23)[C@@H]1c1ccc(F)cc1. The third-order valence-electron chi connectivity index (χ3n) is 5.40. The summed E-state index contributed by atoms with van der Waals surface area (Å²) < 4.78 is 25.1. The lowest BCUT2D eigenvalue weighted by molar-refractivity contribution is -0.127. The molecule has 2 aromatic carbocycles. The average Bonchev–Trinajstić information content (AvgIpc) is 3.43. The van der Waals surface area contributed by atoms with Crippen molar-refractivity contribution in [2.45, 2.75) is 18.4 Å². The van der Waals surface area contributed by atoms with E-state index in [-0.39, 0.29) is 11.5 Å². The fourth-order valence-electron chi connectivity index (χ4n) is 3.96. The molecule has 0 fully saturated rings. The van der Waals surface area contributed by atoms with E-state index >= 15 is 0 Å². The van der Waals surface area contributed by atoms with Gasteiger partial charge in [-0.05, 0) is 47.7 Å². The number of fused-ring (bicyclic) bond motifs is 3. The molecular weight excluding hydrogens is 417 g/mol. The van der Waals surface area contributed by atoms with Crippen molar-refractivity contribution in [1.82, 2.24) is 5.32 Å². The quantitative estimate of drug-likeness (QED) is 0.476. The van der Waals surface area contributed by atoms with Gasteiger partial charge in [-0.15, -0.1) is 11.3 Å². The van der Waals surface area contributed by atoms with E-state index < -0.39 is 23.5 Å². The van der Waals surface area contributed by atoms with Crippen LogP contribution in [0.3, 0.4) is 0 Å². The van der Waals surface area contributed by atoms with Crippen molar-refractivity contribution in [2.75, 3.05) is 6.54 Å². The van der Waals surface area contributed by atoms with Crippen molar-refractivity contribution >= 4 is 28.2 Å². The minimum Gasteiger partial charge on any atom is -0.478 e. The van der Waals surface area contributed by atoms with Gasteiger partial charge in [-0.25, -0.2) is 9.18 Å². The maximum absolute atomic E-state index is 13.5. The van der Waals surface area contributed by atoms with Gasteiger partial charge in [0.1, 0.15) is 17.1 Å². The van der Waals surface area contributed by atoms with Gasteiger partial charge in [0.05, 0.1) is 16.9 Å². The van der Waals surface area contributed by atoms with Crippen LogP contribution >= 0.6 is 11.3 Å². The first-order valence-corrected chi connectivity index (χ1v) is 10.8. The fourth-order valence-corrected chi connectivity index (χ4v) is 4.67. The molecule has 1 aliphatic heterocycles. The number of hydrogen-bond acceptors (Lipinski definition) is 5. The number of nitrogens with one attached hydrogen (secondary N) is 1. The molecule has 5 rings (SSSR count). The third-order valence-corrected chi connectivity index (χ3v) is 6.33. The summed E-state index contributed by atoms with van der Waals surface area (Å²) in [5.41, 5.74) is 0.727. The molecule has 1 amide bonds. The van der Waals surface area contributed by atoms with Gasteiger partial charge < -0.3 is 14.5 Å². The van der Waals surface area contributed by atoms with E-state index in [1.807, 2.05) is 23.6 Å². The predicted octanol–water partition coefficient (Wildman–Crippen LogP) is 4.25. The molecule has 0 bridgehead atoms. The number of benzene rings is 2. The first kappa shape index (κ1) is 19.5. The zero-order valence-corrected chi connectivity index (χ0v) is 17.2. The van der Waals surface area contributed by atoms with Crippen molar-refractivity contribution in [2.24, 2.45) is 0 Å². The Morgan fingerprint density at radius 2 is 1.87 bits per heavy atom. The fraction of sp³-hybridized carbons (Fsp3) is 0.167. The molecule has 2 aromatic heterocycles. The Kier molecular flexibility index (Phi) is 5.03. The smallest absolute Gasteiger partial charge is 0.344 e. The number of thiophene rings is 1. The molecule has 31 heavy (non-hydrogen) atoms. The van der Waals surface area contributed by atoms with E-state index in [9.17, 15) is 14.0 Å². The lowest BCUT2D eigenvalue weighted by Crippen LogP contribution is -2.41. The lowest BCUT2D eigenvalue weighted by Gasteiger charge is -2.18. The Balaban J connectivity index is 1.52. The van der Waals surface area contributed by atoms with Crippen molar-refractivity contribution < 1.29 is 18.3 Å². The number of amides is 1. The lowest BCUT2D eigenvalue weighted by atomic mass is 9.88. The first-order chi connectivity index (χ1) is 15.1. The molecule has 1 N–H and O–H groups in total. The van der Waals surface area contributed by atoms with Crippen LogP contribution in [0, 0.1) is 5.82 Å². The first-order valence-electron chi connectivity index (χ1n) is 9.90. The van der Waals surface area contributed by atoms with E-state index in [1.165, 1.54) is 12.1 Å². The topological polar surface area (TPSA) is 68.5 Å². The molecular formula is C24H18FNO4S. The Morgan fingerprint density at radius 3 is 2.65 bits per heavy atom. The van der Waals surface area contributed by atoms with Gasteiger partial charge in [0.2, 0.25) is 0 Å². The minimum atomic E-state index is -0.961. The van der Waals surface area contributed by atoms with Gasteiger partial charge in [0, 0.05) is 11.4 Å². The third kappa shape index (κ3) is 3.61. The van der Waals surface area contributed by atoms with Crippen molar-refractivity contribution in [3.05, 3.63) is 98.3 Å². The monoisotopic (exact) mass is 435 g/mol. The van der Waals surface area contributed by atoms with Crippen LogP contribution in [-0.4, -0.2) is 18.6 Å². The summed E-state index contributed by atoms with van der Waals surface area (Å²) in [5.74, 6) is -1.08. The Hall–Kier alpha value is -3.45. The van der Waals surface area contributed by atoms with Crippen LogP contribution in [0.5, 0.6) is 5.75 Å². The van der Waals surface area contributed by atoms with Gasteiger partial charge >= 0.3 is 5.63 Å². The largest absolute Gasteiger partial charge is 0.478 e. The Morgan fingerprint density at radius 1 is 1.06 bits per heavy atom. The predicted molar refractivity (Wildman–Crippen MR) is 116 cm³/mol. The molecule has 0 saturated heterocycles. The number of rotatable bonds is 5. The zero-order valence-electron chi connectivity index (χ0n) is 16.3. The molecule has 5 nitrogen and oxygen atoms in total. The number of ether oxygens (including phenoxy) is 1. The summed E-state index contributed by atoms with van der Waals surface area (Å²) in [6, 6.07) is 16.8. The van der Waals surface area contributed by atoms with Crippen LogP contribution in [0.25, 0.3) is 11.0 Å². The van der Waals surface area contributed by atoms with Crippen molar-refractivity contribution in [1.29, 1.82) is 0 Å². The summed E-state index contributed by atoms with van der Waals surface area (Å²) >= 11 is 1.63. The van der Waals surface area contributed by atoms with Crippen molar-refractivity contribution in [3.8, 4) is 5.75 Å². The molecule has 156 valence electrons. The number of hydrogen-bond donors (Lipinski definition) is 1. The van der Waals surface area contributed by atoms with Crippen LogP contribution in [0.2, 0.25) is 0 Å². The molecule has 4 aromatic rings.